The van der Waals surface area contributed by atoms with E-state index in [1.54, 1.807) is 45.6 Å². The van der Waals surface area contributed by atoms with Gasteiger partial charge in [-0.3, -0.25) is 4.79 Å². The highest BCUT2D eigenvalue weighted by Gasteiger charge is 2.17. The van der Waals surface area contributed by atoms with Crippen molar-refractivity contribution >= 4 is 22.7 Å². The molecule has 7 heteroatoms. The number of benzene rings is 2. The maximum absolute atomic E-state index is 12.1. The van der Waals surface area contributed by atoms with Crippen LogP contribution in [-0.4, -0.2) is 32.2 Å². The van der Waals surface area contributed by atoms with E-state index in [4.69, 9.17) is 18.6 Å². The number of carbonyl (C=O) groups is 1. The van der Waals surface area contributed by atoms with Crippen molar-refractivity contribution in [1.82, 2.24) is 4.98 Å². The van der Waals surface area contributed by atoms with Crippen molar-refractivity contribution in [3.8, 4) is 28.7 Å². The van der Waals surface area contributed by atoms with Gasteiger partial charge in [-0.1, -0.05) is 19.8 Å². The SMILES string of the molecule is CCCCCC(=O)Nc1ccc2oc(-c3cc(OC)c(OC)c(OC)c3)nc2c1. The van der Waals surface area contributed by atoms with Crippen LogP contribution in [0.3, 0.4) is 0 Å². The van der Waals surface area contributed by atoms with Gasteiger partial charge in [0.1, 0.15) is 5.52 Å². The monoisotopic (exact) mass is 398 g/mol. The Morgan fingerprint density at radius 3 is 2.38 bits per heavy atom. The first-order chi connectivity index (χ1) is 14.1. The molecule has 3 aromatic rings. The summed E-state index contributed by atoms with van der Waals surface area (Å²) >= 11 is 0. The molecule has 1 heterocycles. The third kappa shape index (κ3) is 4.62. The lowest BCUT2D eigenvalue weighted by atomic mass is 10.2. The first-order valence-corrected chi connectivity index (χ1v) is 9.60. The van der Waals surface area contributed by atoms with Gasteiger partial charge in [-0.05, 0) is 36.8 Å². The van der Waals surface area contributed by atoms with Crippen molar-refractivity contribution in [3.05, 3.63) is 30.3 Å². The number of ether oxygens (including phenoxy) is 3. The van der Waals surface area contributed by atoms with Crippen LogP contribution in [0.4, 0.5) is 5.69 Å². The van der Waals surface area contributed by atoms with Crippen molar-refractivity contribution in [2.75, 3.05) is 26.6 Å². The van der Waals surface area contributed by atoms with E-state index in [0.717, 1.165) is 19.3 Å². The highest BCUT2D eigenvalue weighted by Crippen LogP contribution is 2.41. The van der Waals surface area contributed by atoms with Gasteiger partial charge in [-0.25, -0.2) is 4.98 Å². The van der Waals surface area contributed by atoms with E-state index in [1.807, 2.05) is 6.07 Å². The number of fused-ring (bicyclic) bond motifs is 1. The largest absolute Gasteiger partial charge is 0.493 e. The number of amides is 1. The van der Waals surface area contributed by atoms with Gasteiger partial charge in [0.25, 0.3) is 0 Å². The van der Waals surface area contributed by atoms with Crippen LogP contribution < -0.4 is 19.5 Å². The van der Waals surface area contributed by atoms with Gasteiger partial charge in [0.15, 0.2) is 17.1 Å². The number of nitrogens with one attached hydrogen (secondary N) is 1. The van der Waals surface area contributed by atoms with E-state index in [1.165, 1.54) is 0 Å². The Balaban J connectivity index is 1.87. The third-order valence-corrected chi connectivity index (χ3v) is 4.59. The number of unbranched alkanes of at least 4 members (excludes halogenated alkanes) is 2. The fourth-order valence-electron chi connectivity index (χ4n) is 3.09. The number of rotatable bonds is 9. The van der Waals surface area contributed by atoms with Gasteiger partial charge < -0.3 is 23.9 Å². The zero-order chi connectivity index (χ0) is 20.8. The second-order valence-corrected chi connectivity index (χ2v) is 6.62. The lowest BCUT2D eigenvalue weighted by molar-refractivity contribution is -0.116. The molecule has 154 valence electrons. The Bertz CT molecular complexity index is 971. The summed E-state index contributed by atoms with van der Waals surface area (Å²) in [6.07, 6.45) is 3.54. The van der Waals surface area contributed by atoms with Crippen LogP contribution in [0, 0.1) is 0 Å². The third-order valence-electron chi connectivity index (χ3n) is 4.59. The summed E-state index contributed by atoms with van der Waals surface area (Å²) in [6, 6.07) is 8.97. The molecule has 0 saturated heterocycles. The summed E-state index contributed by atoms with van der Waals surface area (Å²) in [5.41, 5.74) is 2.67. The van der Waals surface area contributed by atoms with Crippen LogP contribution in [0.1, 0.15) is 32.6 Å². The summed E-state index contributed by atoms with van der Waals surface area (Å²) < 4.78 is 22.0. The fraction of sp³-hybridized carbons (Fsp3) is 0.364. The van der Waals surface area contributed by atoms with Crippen LogP contribution in [0.2, 0.25) is 0 Å². The van der Waals surface area contributed by atoms with Crippen LogP contribution in [0.5, 0.6) is 17.2 Å². The molecule has 0 radical (unpaired) electrons. The molecule has 1 aromatic heterocycles. The molecule has 0 fully saturated rings. The van der Waals surface area contributed by atoms with Gasteiger partial charge in [0.05, 0.1) is 21.3 Å². The van der Waals surface area contributed by atoms with Gasteiger partial charge in [0, 0.05) is 17.7 Å². The minimum atomic E-state index is 0.00569. The zero-order valence-corrected chi connectivity index (χ0v) is 17.2. The molecule has 0 aliphatic carbocycles. The van der Waals surface area contributed by atoms with Gasteiger partial charge >= 0.3 is 0 Å². The molecule has 0 atom stereocenters. The molecule has 29 heavy (non-hydrogen) atoms. The van der Waals surface area contributed by atoms with Crippen LogP contribution in [0.15, 0.2) is 34.7 Å². The lowest BCUT2D eigenvalue weighted by Crippen LogP contribution is -2.10. The second-order valence-electron chi connectivity index (χ2n) is 6.62. The lowest BCUT2D eigenvalue weighted by Gasteiger charge is -2.12. The minimum Gasteiger partial charge on any atom is -0.493 e. The van der Waals surface area contributed by atoms with Crippen molar-refractivity contribution < 1.29 is 23.4 Å². The minimum absolute atomic E-state index is 0.00569. The number of aromatic nitrogens is 1. The topological polar surface area (TPSA) is 82.8 Å². The molecule has 1 N–H and O–H groups in total. The molecule has 0 saturated carbocycles. The summed E-state index contributed by atoms with van der Waals surface area (Å²) in [7, 11) is 4.67. The molecule has 0 spiro atoms. The van der Waals surface area contributed by atoms with Gasteiger partial charge in [-0.2, -0.15) is 0 Å². The van der Waals surface area contributed by atoms with E-state index in [-0.39, 0.29) is 5.91 Å². The molecule has 3 rings (SSSR count). The van der Waals surface area contributed by atoms with Crippen molar-refractivity contribution in [3.63, 3.8) is 0 Å². The molecule has 0 aliphatic heterocycles. The summed E-state index contributed by atoms with van der Waals surface area (Å²) in [5.74, 6) is 1.97. The van der Waals surface area contributed by atoms with E-state index in [2.05, 4.69) is 17.2 Å². The van der Waals surface area contributed by atoms with Crippen molar-refractivity contribution in [1.29, 1.82) is 0 Å². The Hall–Kier alpha value is -3.22. The number of methoxy groups -OCH3 is 3. The number of carbonyl (C=O) groups excluding carboxylic acids is 1. The summed E-state index contributed by atoms with van der Waals surface area (Å²) in [6.45, 7) is 2.11. The Labute approximate surface area is 170 Å². The van der Waals surface area contributed by atoms with Crippen LogP contribution in [0.25, 0.3) is 22.6 Å². The second kappa shape index (κ2) is 9.32. The molecular formula is C22H26N2O5. The molecule has 0 bridgehead atoms. The van der Waals surface area contributed by atoms with Crippen molar-refractivity contribution in [2.45, 2.75) is 32.6 Å². The van der Waals surface area contributed by atoms with Crippen LogP contribution in [-0.2, 0) is 4.79 Å². The predicted molar refractivity (Wildman–Crippen MR) is 112 cm³/mol. The Morgan fingerprint density at radius 1 is 1.03 bits per heavy atom. The molecule has 2 aromatic carbocycles. The average Bonchev–Trinajstić information content (AvgIpc) is 3.16. The molecule has 1 amide bonds. The first-order valence-electron chi connectivity index (χ1n) is 9.60. The van der Waals surface area contributed by atoms with E-state index in [9.17, 15) is 4.79 Å². The molecular weight excluding hydrogens is 372 g/mol. The summed E-state index contributed by atoms with van der Waals surface area (Å²) in [4.78, 5) is 16.6. The highest BCUT2D eigenvalue weighted by atomic mass is 16.5. The summed E-state index contributed by atoms with van der Waals surface area (Å²) in [5, 5.41) is 2.92. The number of hydrogen-bond acceptors (Lipinski definition) is 6. The number of anilines is 1. The Kier molecular flexibility index (Phi) is 6.59. The smallest absolute Gasteiger partial charge is 0.227 e. The first kappa shape index (κ1) is 20.5. The molecule has 7 nitrogen and oxygen atoms in total. The molecule has 0 aliphatic rings. The van der Waals surface area contributed by atoms with Crippen LogP contribution >= 0.6 is 0 Å². The average molecular weight is 398 g/mol. The maximum atomic E-state index is 12.1. The number of hydrogen-bond donors (Lipinski definition) is 1. The van der Waals surface area contributed by atoms with Gasteiger partial charge in [-0.15, -0.1) is 0 Å². The fourth-order valence-corrected chi connectivity index (χ4v) is 3.09. The predicted octanol–water partition coefficient (Wildman–Crippen LogP) is 5.04. The van der Waals surface area contributed by atoms with E-state index >= 15 is 0 Å². The van der Waals surface area contributed by atoms with Crippen molar-refractivity contribution in [2.24, 2.45) is 0 Å². The number of nitrogens with zero attached hydrogens (tertiary/aromatic N) is 1. The maximum Gasteiger partial charge on any atom is 0.227 e. The quantitative estimate of drug-likeness (QED) is 0.509. The standard InChI is InChI=1S/C22H26N2O5/c1-5-6-7-8-20(25)23-15-9-10-17-16(13-15)24-22(29-17)14-11-18(26-2)21(28-4)19(12-14)27-3/h9-13H,5-8H2,1-4H3,(H,23,25). The zero-order valence-electron chi connectivity index (χ0n) is 17.2. The number of oxazole rings is 1. The normalized spacial score (nSPS) is 10.8. The van der Waals surface area contributed by atoms with E-state index in [0.29, 0.717) is 51.9 Å². The Morgan fingerprint density at radius 2 is 1.76 bits per heavy atom. The van der Waals surface area contributed by atoms with Gasteiger partial charge in [0.2, 0.25) is 17.5 Å². The highest BCUT2D eigenvalue weighted by molar-refractivity contribution is 5.93. The van der Waals surface area contributed by atoms with E-state index < -0.39 is 0 Å². The molecule has 0 unspecified atom stereocenters.